The van der Waals surface area contributed by atoms with E-state index in [1.807, 2.05) is 18.2 Å². The Kier molecular flexibility index (Phi) is 5.89. The molecule has 1 saturated heterocycles. The molecule has 2 aliphatic rings. The number of piperazine rings is 1. The second-order valence-electron chi connectivity index (χ2n) is 9.00. The van der Waals surface area contributed by atoms with E-state index in [0.717, 1.165) is 26.2 Å². The van der Waals surface area contributed by atoms with Gasteiger partial charge in [-0.15, -0.1) is 0 Å². The molecule has 8 heteroatoms. The lowest BCUT2D eigenvalue weighted by Crippen LogP contribution is -2.48. The standard InChI is InChI=1S/C26H29N3O5/c1-27-10-12-28(13-11-27)14-16(30)15-29-23-17-6-4-5-7-18(17)24(31)21(23)19-8-9-20(33-2)25(34-3)22(19)26(29)32/h4-9,16,30H,10-15H2,1-3H3. The summed E-state index contributed by atoms with van der Waals surface area (Å²) in [4.78, 5) is 31.9. The number of ketones is 1. The summed E-state index contributed by atoms with van der Waals surface area (Å²) in [5.41, 5.74) is 1.97. The van der Waals surface area contributed by atoms with Crippen LogP contribution in [0.15, 0.2) is 41.2 Å². The molecule has 0 saturated carbocycles. The first kappa shape index (κ1) is 22.6. The quantitative estimate of drug-likeness (QED) is 0.467. The number of hydrogen-bond acceptors (Lipinski definition) is 7. The second kappa shape index (κ2) is 8.87. The molecule has 0 amide bonds. The molecule has 1 aromatic heterocycles. The Balaban J connectivity index is 1.67. The number of hydrogen-bond donors (Lipinski definition) is 1. The molecule has 0 spiro atoms. The average Bonchev–Trinajstić information content (AvgIpc) is 3.14. The van der Waals surface area contributed by atoms with Crippen molar-refractivity contribution in [2.24, 2.45) is 0 Å². The van der Waals surface area contributed by atoms with E-state index >= 15 is 0 Å². The van der Waals surface area contributed by atoms with Crippen molar-refractivity contribution in [3.05, 3.63) is 57.9 Å². The summed E-state index contributed by atoms with van der Waals surface area (Å²) in [5, 5.41) is 11.9. The highest BCUT2D eigenvalue weighted by Gasteiger charge is 2.34. The first-order chi connectivity index (χ1) is 16.4. The number of aliphatic hydroxyl groups is 1. The number of carbonyl (C=O) groups is 1. The van der Waals surface area contributed by atoms with Gasteiger partial charge in [0.2, 0.25) is 0 Å². The molecule has 1 atom stereocenters. The number of aliphatic hydroxyl groups excluding tert-OH is 1. The van der Waals surface area contributed by atoms with E-state index in [1.165, 1.54) is 14.2 Å². The van der Waals surface area contributed by atoms with Crippen LogP contribution in [0.2, 0.25) is 0 Å². The van der Waals surface area contributed by atoms with Crippen LogP contribution in [0.4, 0.5) is 0 Å². The van der Waals surface area contributed by atoms with Gasteiger partial charge in [0.05, 0.1) is 43.5 Å². The van der Waals surface area contributed by atoms with E-state index in [0.29, 0.717) is 45.8 Å². The molecular formula is C26H29N3O5. The van der Waals surface area contributed by atoms with Gasteiger partial charge in [0.1, 0.15) is 0 Å². The highest BCUT2D eigenvalue weighted by Crippen LogP contribution is 2.43. The van der Waals surface area contributed by atoms with Gasteiger partial charge in [-0.1, -0.05) is 24.3 Å². The van der Waals surface area contributed by atoms with Crippen LogP contribution < -0.4 is 15.0 Å². The molecule has 0 radical (unpaired) electrons. The highest BCUT2D eigenvalue weighted by atomic mass is 16.5. The molecule has 1 N–H and O–H groups in total. The highest BCUT2D eigenvalue weighted by molar-refractivity contribution is 6.27. The summed E-state index contributed by atoms with van der Waals surface area (Å²) in [6, 6.07) is 10.8. The molecule has 1 aliphatic carbocycles. The fourth-order valence-corrected chi connectivity index (χ4v) is 5.15. The normalized spacial score (nSPS) is 17.0. The number of nitrogens with zero attached hydrogens (tertiary/aromatic N) is 3. The van der Waals surface area contributed by atoms with Crippen LogP contribution in [-0.4, -0.2) is 85.4 Å². The van der Waals surface area contributed by atoms with Gasteiger partial charge >= 0.3 is 0 Å². The summed E-state index contributed by atoms with van der Waals surface area (Å²) in [5.74, 6) is 0.573. The molecule has 178 valence electrons. The molecular weight excluding hydrogens is 434 g/mol. The van der Waals surface area contributed by atoms with E-state index < -0.39 is 6.10 Å². The predicted octanol–water partition coefficient (Wildman–Crippen LogP) is 1.84. The number of benzene rings is 2. The van der Waals surface area contributed by atoms with Crippen LogP contribution in [0.5, 0.6) is 11.5 Å². The summed E-state index contributed by atoms with van der Waals surface area (Å²) in [6.07, 6.45) is -0.776. The van der Waals surface area contributed by atoms with E-state index in [4.69, 9.17) is 9.47 Å². The number of aromatic nitrogens is 1. The minimum absolute atomic E-state index is 0.0748. The largest absolute Gasteiger partial charge is 0.493 e. The molecule has 2 heterocycles. The van der Waals surface area contributed by atoms with Crippen molar-refractivity contribution in [3.63, 3.8) is 0 Å². The Morgan fingerprint density at radius 1 is 0.941 bits per heavy atom. The maximum atomic E-state index is 13.9. The molecule has 2 aromatic carbocycles. The zero-order valence-corrected chi connectivity index (χ0v) is 19.7. The SMILES string of the molecule is COc1ccc2c3c(n(CC(O)CN4CCN(C)CC4)c(=O)c2c1OC)-c1ccccc1C3=O. The van der Waals surface area contributed by atoms with Crippen LogP contribution >= 0.6 is 0 Å². The maximum Gasteiger partial charge on any atom is 0.262 e. The fraction of sp³-hybridized carbons (Fsp3) is 0.385. The predicted molar refractivity (Wildman–Crippen MR) is 130 cm³/mol. The fourth-order valence-electron chi connectivity index (χ4n) is 5.15. The third-order valence-electron chi connectivity index (χ3n) is 6.89. The minimum atomic E-state index is -0.776. The smallest absolute Gasteiger partial charge is 0.262 e. The minimum Gasteiger partial charge on any atom is -0.493 e. The third kappa shape index (κ3) is 3.58. The first-order valence-corrected chi connectivity index (χ1v) is 11.5. The lowest BCUT2D eigenvalue weighted by Gasteiger charge is -2.33. The monoisotopic (exact) mass is 463 g/mol. The first-order valence-electron chi connectivity index (χ1n) is 11.5. The Labute approximate surface area is 197 Å². The molecule has 1 aliphatic heterocycles. The Hall–Kier alpha value is -3.20. The number of rotatable bonds is 6. The van der Waals surface area contributed by atoms with E-state index in [9.17, 15) is 14.7 Å². The van der Waals surface area contributed by atoms with Crippen LogP contribution in [0.1, 0.15) is 15.9 Å². The van der Waals surface area contributed by atoms with Crippen molar-refractivity contribution in [2.75, 3.05) is 54.0 Å². The summed E-state index contributed by atoms with van der Waals surface area (Å²) < 4.78 is 12.5. The number of methoxy groups -OCH3 is 2. The molecule has 34 heavy (non-hydrogen) atoms. The summed E-state index contributed by atoms with van der Waals surface area (Å²) in [7, 11) is 5.07. The van der Waals surface area contributed by atoms with Crippen molar-refractivity contribution in [2.45, 2.75) is 12.6 Å². The van der Waals surface area contributed by atoms with Crippen LogP contribution in [0, 0.1) is 0 Å². The lowest BCUT2D eigenvalue weighted by atomic mass is 10.0. The van der Waals surface area contributed by atoms with Gasteiger partial charge in [-0.3, -0.25) is 14.5 Å². The molecule has 3 aromatic rings. The van der Waals surface area contributed by atoms with Crippen molar-refractivity contribution in [1.82, 2.24) is 14.4 Å². The van der Waals surface area contributed by atoms with Crippen molar-refractivity contribution >= 4 is 16.6 Å². The van der Waals surface area contributed by atoms with Crippen LogP contribution in [0.25, 0.3) is 22.0 Å². The number of pyridine rings is 1. The molecule has 0 bridgehead atoms. The Morgan fingerprint density at radius 3 is 2.32 bits per heavy atom. The zero-order chi connectivity index (χ0) is 24.0. The lowest BCUT2D eigenvalue weighted by molar-refractivity contribution is 0.0708. The van der Waals surface area contributed by atoms with Crippen molar-refractivity contribution in [3.8, 4) is 22.8 Å². The number of likely N-dealkylation sites (N-methyl/N-ethyl adjacent to an activating group) is 1. The molecule has 5 rings (SSSR count). The summed E-state index contributed by atoms with van der Waals surface area (Å²) >= 11 is 0. The topological polar surface area (TPSA) is 84.2 Å². The van der Waals surface area contributed by atoms with E-state index in [2.05, 4.69) is 16.8 Å². The maximum absolute atomic E-state index is 13.9. The summed E-state index contributed by atoms with van der Waals surface area (Å²) in [6.45, 7) is 4.15. The number of ether oxygens (including phenoxy) is 2. The van der Waals surface area contributed by atoms with Crippen molar-refractivity contribution < 1.29 is 19.4 Å². The number of β-amino-alcohol motifs (C(OH)–C–C–N with tert-alkyl or cyclic N) is 1. The van der Waals surface area contributed by atoms with Gasteiger partial charge < -0.3 is 24.0 Å². The Bertz CT molecular complexity index is 1320. The van der Waals surface area contributed by atoms with Gasteiger partial charge in [0, 0.05) is 49.2 Å². The van der Waals surface area contributed by atoms with E-state index in [-0.39, 0.29) is 23.3 Å². The van der Waals surface area contributed by atoms with Gasteiger partial charge in [0.15, 0.2) is 17.3 Å². The van der Waals surface area contributed by atoms with Gasteiger partial charge in [-0.25, -0.2) is 0 Å². The van der Waals surface area contributed by atoms with Crippen molar-refractivity contribution in [1.29, 1.82) is 0 Å². The molecule has 1 fully saturated rings. The van der Waals surface area contributed by atoms with Crippen LogP contribution in [0.3, 0.4) is 0 Å². The third-order valence-corrected chi connectivity index (χ3v) is 6.89. The van der Waals surface area contributed by atoms with Gasteiger partial charge in [-0.2, -0.15) is 0 Å². The Morgan fingerprint density at radius 2 is 1.65 bits per heavy atom. The van der Waals surface area contributed by atoms with Gasteiger partial charge in [-0.05, 0) is 19.2 Å². The second-order valence-corrected chi connectivity index (χ2v) is 9.00. The van der Waals surface area contributed by atoms with Gasteiger partial charge in [0.25, 0.3) is 5.56 Å². The zero-order valence-electron chi connectivity index (χ0n) is 19.7. The molecule has 1 unspecified atom stereocenters. The number of carbonyl (C=O) groups excluding carboxylic acids is 1. The number of fused-ring (bicyclic) bond motifs is 5. The van der Waals surface area contributed by atoms with E-state index in [1.54, 1.807) is 22.8 Å². The van der Waals surface area contributed by atoms with Crippen LogP contribution in [-0.2, 0) is 6.54 Å². The molecule has 8 nitrogen and oxygen atoms in total. The average molecular weight is 464 g/mol.